The Labute approximate surface area is 73.0 Å². The van der Waals surface area contributed by atoms with Crippen LogP contribution in [-0.2, 0) is 12.8 Å². The van der Waals surface area contributed by atoms with Gasteiger partial charge in [0.05, 0.1) is 6.54 Å². The molecule has 74 valence electrons. The molecule has 4 nitrogen and oxygen atoms in total. The van der Waals surface area contributed by atoms with Crippen LogP contribution in [-0.4, -0.2) is 33.8 Å². The summed E-state index contributed by atoms with van der Waals surface area (Å²) >= 11 is 0. The van der Waals surface area contributed by atoms with Crippen LogP contribution in [0.1, 0.15) is 5.82 Å². The summed E-state index contributed by atoms with van der Waals surface area (Å²) in [4.78, 5) is 1.59. The summed E-state index contributed by atoms with van der Waals surface area (Å²) in [6.45, 7) is 0.111. The van der Waals surface area contributed by atoms with Crippen LogP contribution in [0.2, 0.25) is 0 Å². The van der Waals surface area contributed by atoms with Gasteiger partial charge in [0.25, 0.3) is 0 Å². The molecule has 0 saturated heterocycles. The Bertz CT molecular complexity index is 278. The quantitative estimate of drug-likeness (QED) is 0.698. The van der Waals surface area contributed by atoms with Crippen LogP contribution >= 0.6 is 0 Å². The first-order valence-electron chi connectivity index (χ1n) is 3.52. The fourth-order valence-electron chi connectivity index (χ4n) is 0.861. The molecule has 0 aromatic carbocycles. The molecule has 0 amide bonds. The Morgan fingerprint density at radius 3 is 2.54 bits per heavy atom. The minimum absolute atomic E-state index is 0.104. The van der Waals surface area contributed by atoms with E-state index in [9.17, 15) is 13.2 Å². The van der Waals surface area contributed by atoms with Gasteiger partial charge in [0.1, 0.15) is 6.33 Å². The summed E-state index contributed by atoms with van der Waals surface area (Å²) in [6, 6.07) is 0. The van der Waals surface area contributed by atoms with E-state index in [-0.39, 0.29) is 16.9 Å². The van der Waals surface area contributed by atoms with Gasteiger partial charge in [-0.1, -0.05) is 0 Å². The van der Waals surface area contributed by atoms with Gasteiger partial charge in [0.2, 0.25) is 0 Å². The lowest BCUT2D eigenvalue weighted by Gasteiger charge is -2.12. The molecule has 1 aromatic rings. The number of aromatic nitrogens is 3. The third kappa shape index (κ3) is 2.41. The van der Waals surface area contributed by atoms with E-state index in [1.54, 1.807) is 19.0 Å². The van der Waals surface area contributed by atoms with Crippen LogP contribution in [0.3, 0.4) is 0 Å². The maximum atomic E-state index is 12.2. The van der Waals surface area contributed by atoms with E-state index in [1.165, 1.54) is 0 Å². The van der Waals surface area contributed by atoms with Crippen LogP contribution in [0.25, 0.3) is 0 Å². The zero-order chi connectivity index (χ0) is 10.1. The van der Waals surface area contributed by atoms with E-state index >= 15 is 0 Å². The van der Waals surface area contributed by atoms with Gasteiger partial charge in [-0.3, -0.25) is 0 Å². The maximum absolute atomic E-state index is 12.2. The van der Waals surface area contributed by atoms with Crippen molar-refractivity contribution in [2.45, 2.75) is 12.8 Å². The number of nitrogens with zero attached hydrogens (tertiary/aromatic N) is 4. The fraction of sp³-hybridized carbons (Fsp3) is 0.667. The number of rotatable bonds is 2. The van der Waals surface area contributed by atoms with Gasteiger partial charge in [-0.2, -0.15) is 0 Å². The van der Waals surface area contributed by atoms with Crippen LogP contribution < -0.4 is 0 Å². The monoisotopic (exact) mass is 194 g/mol. The van der Waals surface area contributed by atoms with E-state index in [4.69, 9.17) is 0 Å². The molecule has 0 fully saturated rings. The minimum Gasteiger partial charge on any atom is -0.302 e. The molecule has 0 radical (unpaired) electrons. The second-order valence-electron chi connectivity index (χ2n) is 2.82. The molecule has 7 heteroatoms. The first-order chi connectivity index (χ1) is 5.91. The van der Waals surface area contributed by atoms with E-state index in [0.717, 1.165) is 0 Å². The third-order valence-corrected chi connectivity index (χ3v) is 1.35. The number of alkyl halides is 3. The molecule has 0 atom stereocenters. The number of halogens is 3. The van der Waals surface area contributed by atoms with Crippen molar-refractivity contribution in [1.29, 1.82) is 0 Å². The Balaban J connectivity index is 2.90. The van der Waals surface area contributed by atoms with Gasteiger partial charge in [0, 0.05) is 0 Å². The van der Waals surface area contributed by atoms with Gasteiger partial charge in [-0.15, -0.1) is 23.4 Å². The second kappa shape index (κ2) is 3.33. The van der Waals surface area contributed by atoms with Gasteiger partial charge in [-0.25, -0.2) is 4.57 Å². The number of hydrogen-bond donors (Lipinski definition) is 0. The Morgan fingerprint density at radius 1 is 1.46 bits per heavy atom. The zero-order valence-electron chi connectivity index (χ0n) is 7.21. The molecule has 0 aliphatic carbocycles. The summed E-state index contributed by atoms with van der Waals surface area (Å²) in [6.07, 6.45) is -3.77. The summed E-state index contributed by atoms with van der Waals surface area (Å²) in [5, 5.41) is 6.58. The molecule has 0 spiro atoms. The highest BCUT2D eigenvalue weighted by Crippen LogP contribution is 2.22. The molecule has 1 heterocycles. The largest absolute Gasteiger partial charge is 0.491 e. The lowest BCUT2D eigenvalue weighted by Crippen LogP contribution is -2.22. The topological polar surface area (TPSA) is 34.0 Å². The van der Waals surface area contributed by atoms with Crippen LogP contribution in [0.4, 0.5) is 13.2 Å². The maximum Gasteiger partial charge on any atom is 0.491 e. The summed E-state index contributed by atoms with van der Waals surface area (Å²) in [5.41, 5.74) is 0. The van der Waals surface area contributed by atoms with Crippen molar-refractivity contribution in [3.63, 3.8) is 0 Å². The van der Waals surface area contributed by atoms with Crippen LogP contribution in [0.15, 0.2) is 6.33 Å². The van der Waals surface area contributed by atoms with Crippen molar-refractivity contribution < 1.29 is 13.2 Å². The van der Waals surface area contributed by atoms with Crippen molar-refractivity contribution in [3.8, 4) is 0 Å². The molecule has 13 heavy (non-hydrogen) atoms. The first kappa shape index (κ1) is 9.97. The lowest BCUT2D eigenvalue weighted by molar-refractivity contribution is -0.206. The predicted molar refractivity (Wildman–Crippen MR) is 38.7 cm³/mol. The number of hydrogen-bond acceptors (Lipinski definition) is 3. The second-order valence-corrected chi connectivity index (χ2v) is 2.82. The smallest absolute Gasteiger partial charge is 0.302 e. The minimum atomic E-state index is -4.44. The highest BCUT2D eigenvalue weighted by atomic mass is 19.4. The van der Waals surface area contributed by atoms with Crippen molar-refractivity contribution in [2.75, 3.05) is 14.1 Å². The third-order valence-electron chi connectivity index (χ3n) is 1.35. The molecule has 0 aliphatic rings. The average Bonchev–Trinajstić information content (AvgIpc) is 2.31. The summed E-state index contributed by atoms with van der Waals surface area (Å²) in [5.74, 6) is -0.113. The summed E-state index contributed by atoms with van der Waals surface area (Å²) < 4.78 is 36.7. The Hall–Kier alpha value is -1.11. The highest BCUT2D eigenvalue weighted by molar-refractivity contribution is 4.86. The van der Waals surface area contributed by atoms with Crippen molar-refractivity contribution in [1.82, 2.24) is 19.7 Å². The van der Waals surface area contributed by atoms with Crippen molar-refractivity contribution in [2.24, 2.45) is 0 Å². The molecule has 0 saturated carbocycles. The van der Waals surface area contributed by atoms with Crippen LogP contribution in [0, 0.1) is 0 Å². The molecule has 0 N–H and O–H groups in total. The Kier molecular flexibility index (Phi) is 2.55. The Morgan fingerprint density at radius 2 is 2.08 bits per heavy atom. The van der Waals surface area contributed by atoms with Crippen LogP contribution in [0.5, 0.6) is 0 Å². The fourth-order valence-corrected chi connectivity index (χ4v) is 0.861. The predicted octanol–water partition coefficient (Wildman–Crippen LogP) is 0.816. The highest BCUT2D eigenvalue weighted by Gasteiger charge is 2.33. The molecule has 1 aromatic heterocycles. The van der Waals surface area contributed by atoms with Gasteiger partial charge in [0.15, 0.2) is 5.82 Å². The zero-order valence-corrected chi connectivity index (χ0v) is 7.21. The van der Waals surface area contributed by atoms with E-state index in [2.05, 4.69) is 10.2 Å². The first-order valence-corrected chi connectivity index (χ1v) is 3.52. The SMILES string of the molecule is CN(C)Cc1nncn1C(F)(F)F. The van der Waals surface area contributed by atoms with E-state index < -0.39 is 6.30 Å². The lowest BCUT2D eigenvalue weighted by atomic mass is 10.5. The molecular weight excluding hydrogens is 185 g/mol. The molecule has 0 unspecified atom stereocenters. The normalized spacial score (nSPS) is 12.5. The van der Waals surface area contributed by atoms with Gasteiger partial charge in [-0.05, 0) is 14.1 Å². The van der Waals surface area contributed by atoms with Crippen molar-refractivity contribution in [3.05, 3.63) is 12.2 Å². The van der Waals surface area contributed by atoms with E-state index in [0.29, 0.717) is 6.33 Å². The molecule has 0 aliphatic heterocycles. The molecular formula is C6H9F3N4. The van der Waals surface area contributed by atoms with Crippen molar-refractivity contribution >= 4 is 0 Å². The molecule has 0 bridgehead atoms. The standard InChI is InChI=1S/C6H9F3N4/c1-12(2)3-5-11-10-4-13(5)6(7,8)9/h4H,3H2,1-2H3. The van der Waals surface area contributed by atoms with Gasteiger partial charge < -0.3 is 4.90 Å². The van der Waals surface area contributed by atoms with Gasteiger partial charge >= 0.3 is 6.30 Å². The average molecular weight is 194 g/mol. The molecule has 1 rings (SSSR count). The summed E-state index contributed by atoms with van der Waals surface area (Å²) in [7, 11) is 3.32. The van der Waals surface area contributed by atoms with E-state index in [1.807, 2.05) is 0 Å².